The highest BCUT2D eigenvalue weighted by Gasteiger charge is 2.19. The maximum atomic E-state index is 12.9. The summed E-state index contributed by atoms with van der Waals surface area (Å²) in [5, 5.41) is 12.0. The van der Waals surface area contributed by atoms with Crippen LogP contribution in [0.5, 0.6) is 0 Å². The van der Waals surface area contributed by atoms with Crippen LogP contribution in [0.4, 0.5) is 10.1 Å². The van der Waals surface area contributed by atoms with Gasteiger partial charge in [0.05, 0.1) is 14.6 Å². The van der Waals surface area contributed by atoms with Crippen LogP contribution < -0.4 is 4.90 Å². The maximum Gasteiger partial charge on any atom is 0.324 e. The number of nitro groups is 1. The van der Waals surface area contributed by atoms with Crippen LogP contribution >= 0.6 is 34.3 Å². The largest absolute Gasteiger partial charge is 0.324 e. The van der Waals surface area contributed by atoms with E-state index in [-0.39, 0.29) is 10.9 Å². The highest BCUT2D eigenvalue weighted by molar-refractivity contribution is 7.22. The molecule has 0 bridgehead atoms. The minimum Gasteiger partial charge on any atom is -0.309 e. The van der Waals surface area contributed by atoms with Gasteiger partial charge < -0.3 is 4.90 Å². The molecule has 3 aromatic rings. The van der Waals surface area contributed by atoms with E-state index >= 15 is 0 Å². The first-order valence-electron chi connectivity index (χ1n) is 8.79. The number of halogens is 1. The van der Waals surface area contributed by atoms with Gasteiger partial charge in [-0.2, -0.15) is 0 Å². The standard InChI is InChI=1S/C19H19ClN4O3S2/c1-22(2)11-4-12-23(19-21-18-14(20)5-3-6-15(18)29-19)16(25)9-7-13-8-10-17(28-13)24(26)27/h3,5-10H,4,11-12H2,1-2H3/b9-7+. The quantitative estimate of drug-likeness (QED) is 0.276. The summed E-state index contributed by atoms with van der Waals surface area (Å²) >= 11 is 8.67. The molecule has 2 aromatic heterocycles. The minimum atomic E-state index is -0.442. The van der Waals surface area contributed by atoms with Crippen LogP contribution in [0.1, 0.15) is 11.3 Å². The van der Waals surface area contributed by atoms with E-state index in [1.807, 2.05) is 26.2 Å². The molecule has 3 rings (SSSR count). The fourth-order valence-corrected chi connectivity index (χ4v) is 4.66. The molecule has 29 heavy (non-hydrogen) atoms. The molecule has 0 spiro atoms. The number of para-hydroxylation sites is 1. The van der Waals surface area contributed by atoms with Crippen LogP contribution in [0.25, 0.3) is 16.3 Å². The van der Waals surface area contributed by atoms with Crippen molar-refractivity contribution in [2.24, 2.45) is 0 Å². The van der Waals surface area contributed by atoms with Gasteiger partial charge in [0, 0.05) is 23.6 Å². The molecule has 152 valence electrons. The van der Waals surface area contributed by atoms with Crippen molar-refractivity contribution in [3.63, 3.8) is 0 Å². The number of thiazole rings is 1. The Bertz CT molecular complexity index is 1060. The predicted octanol–water partition coefficient (Wildman–Crippen LogP) is 4.92. The van der Waals surface area contributed by atoms with Crippen molar-refractivity contribution in [1.29, 1.82) is 0 Å². The predicted molar refractivity (Wildman–Crippen MR) is 120 cm³/mol. The Morgan fingerprint density at radius 2 is 2.03 bits per heavy atom. The van der Waals surface area contributed by atoms with Crippen molar-refractivity contribution >= 4 is 66.6 Å². The summed E-state index contributed by atoms with van der Waals surface area (Å²) < 4.78 is 0.913. The van der Waals surface area contributed by atoms with E-state index in [1.165, 1.54) is 23.5 Å². The lowest BCUT2D eigenvalue weighted by molar-refractivity contribution is -0.380. The summed E-state index contributed by atoms with van der Waals surface area (Å²) in [6.07, 6.45) is 3.80. The van der Waals surface area contributed by atoms with Gasteiger partial charge in [-0.15, -0.1) is 0 Å². The second kappa shape index (κ2) is 9.45. The smallest absolute Gasteiger partial charge is 0.309 e. The number of fused-ring (bicyclic) bond motifs is 1. The highest BCUT2D eigenvalue weighted by atomic mass is 35.5. The molecule has 0 unspecified atom stereocenters. The first-order valence-corrected chi connectivity index (χ1v) is 10.8. The zero-order valence-corrected chi connectivity index (χ0v) is 18.3. The number of aromatic nitrogens is 1. The second-order valence-electron chi connectivity index (χ2n) is 6.50. The third-order valence-corrected chi connectivity index (χ3v) is 6.38. The number of hydrogen-bond acceptors (Lipinski definition) is 7. The Morgan fingerprint density at radius 3 is 2.69 bits per heavy atom. The number of benzene rings is 1. The lowest BCUT2D eigenvalue weighted by atomic mass is 10.3. The van der Waals surface area contributed by atoms with E-state index in [0.29, 0.717) is 27.1 Å². The fraction of sp³-hybridized carbons (Fsp3) is 0.263. The van der Waals surface area contributed by atoms with Gasteiger partial charge in [0.25, 0.3) is 5.91 Å². The lowest BCUT2D eigenvalue weighted by Gasteiger charge is -2.19. The van der Waals surface area contributed by atoms with E-state index in [1.54, 1.807) is 23.1 Å². The van der Waals surface area contributed by atoms with E-state index in [9.17, 15) is 14.9 Å². The number of carbonyl (C=O) groups is 1. The summed E-state index contributed by atoms with van der Waals surface area (Å²) in [4.78, 5) is 32.2. The van der Waals surface area contributed by atoms with Gasteiger partial charge in [0.2, 0.25) is 0 Å². The monoisotopic (exact) mass is 450 g/mol. The number of nitrogens with zero attached hydrogens (tertiary/aromatic N) is 4. The van der Waals surface area contributed by atoms with E-state index in [0.717, 1.165) is 29.0 Å². The molecule has 0 aliphatic heterocycles. The van der Waals surface area contributed by atoms with Crippen molar-refractivity contribution in [3.05, 3.63) is 56.4 Å². The van der Waals surface area contributed by atoms with Crippen molar-refractivity contribution in [2.45, 2.75) is 6.42 Å². The molecule has 2 heterocycles. The normalized spacial score (nSPS) is 11.6. The number of amides is 1. The zero-order valence-electron chi connectivity index (χ0n) is 15.9. The van der Waals surface area contributed by atoms with Gasteiger partial charge in [-0.25, -0.2) is 4.98 Å². The van der Waals surface area contributed by atoms with Gasteiger partial charge >= 0.3 is 5.00 Å². The molecule has 1 amide bonds. The number of thiophene rings is 1. The van der Waals surface area contributed by atoms with Gasteiger partial charge in [0.15, 0.2) is 5.13 Å². The maximum absolute atomic E-state index is 12.9. The molecule has 0 fully saturated rings. The van der Waals surface area contributed by atoms with Crippen LogP contribution in [0.3, 0.4) is 0 Å². The van der Waals surface area contributed by atoms with Crippen LogP contribution in [-0.2, 0) is 4.79 Å². The SMILES string of the molecule is CN(C)CCCN(C(=O)/C=C/c1ccc([N+](=O)[O-])s1)c1nc2c(Cl)cccc2s1. The van der Waals surface area contributed by atoms with Gasteiger partial charge in [0.1, 0.15) is 5.52 Å². The number of rotatable bonds is 8. The van der Waals surface area contributed by atoms with Crippen LogP contribution in [-0.4, -0.2) is 47.9 Å². The molecule has 0 saturated carbocycles. The Hall–Kier alpha value is -2.33. The molecule has 0 radical (unpaired) electrons. The number of carbonyl (C=O) groups excluding carboxylic acids is 1. The third kappa shape index (κ3) is 5.39. The van der Waals surface area contributed by atoms with Gasteiger partial charge in [-0.3, -0.25) is 19.8 Å². The summed E-state index contributed by atoms with van der Waals surface area (Å²) in [7, 11) is 3.96. The van der Waals surface area contributed by atoms with Crippen molar-refractivity contribution < 1.29 is 9.72 Å². The molecule has 1 aromatic carbocycles. The molecule has 0 aliphatic rings. The first-order chi connectivity index (χ1) is 13.8. The Kier molecular flexibility index (Phi) is 6.96. The van der Waals surface area contributed by atoms with Gasteiger partial charge in [-0.05, 0) is 51.3 Å². The molecule has 10 heteroatoms. The molecule has 0 saturated heterocycles. The summed E-state index contributed by atoms with van der Waals surface area (Å²) in [6.45, 7) is 1.33. The summed E-state index contributed by atoms with van der Waals surface area (Å²) in [5.74, 6) is -0.227. The Labute approximate surface area is 181 Å². The number of anilines is 1. The fourth-order valence-electron chi connectivity index (χ4n) is 2.64. The Morgan fingerprint density at radius 1 is 1.24 bits per heavy atom. The van der Waals surface area contributed by atoms with Crippen molar-refractivity contribution in [3.8, 4) is 0 Å². The zero-order chi connectivity index (χ0) is 21.0. The second-order valence-corrected chi connectivity index (χ2v) is 9.01. The van der Waals surface area contributed by atoms with Crippen molar-refractivity contribution in [1.82, 2.24) is 9.88 Å². The summed E-state index contributed by atoms with van der Waals surface area (Å²) in [5.41, 5.74) is 0.678. The number of hydrogen-bond donors (Lipinski definition) is 0. The molecule has 7 nitrogen and oxygen atoms in total. The molecule has 0 N–H and O–H groups in total. The lowest BCUT2D eigenvalue weighted by Crippen LogP contribution is -2.32. The van der Waals surface area contributed by atoms with Crippen LogP contribution in [0.2, 0.25) is 5.02 Å². The van der Waals surface area contributed by atoms with Gasteiger partial charge in [-0.1, -0.05) is 40.3 Å². The average Bonchev–Trinajstić information content (AvgIpc) is 3.31. The van der Waals surface area contributed by atoms with E-state index < -0.39 is 4.92 Å². The van der Waals surface area contributed by atoms with Crippen molar-refractivity contribution in [2.75, 3.05) is 32.1 Å². The topological polar surface area (TPSA) is 79.6 Å². The molecular weight excluding hydrogens is 432 g/mol. The van der Waals surface area contributed by atoms with Crippen LogP contribution in [0.15, 0.2) is 36.4 Å². The minimum absolute atomic E-state index is 0.0424. The third-order valence-electron chi connectivity index (χ3n) is 4.03. The Balaban J connectivity index is 1.84. The van der Waals surface area contributed by atoms with E-state index in [2.05, 4.69) is 9.88 Å². The summed E-state index contributed by atoms with van der Waals surface area (Å²) in [6, 6.07) is 8.61. The molecule has 0 atom stereocenters. The first kappa shape index (κ1) is 21.4. The van der Waals surface area contributed by atoms with Crippen LogP contribution in [0, 0.1) is 10.1 Å². The average molecular weight is 451 g/mol. The molecule has 0 aliphatic carbocycles. The highest BCUT2D eigenvalue weighted by Crippen LogP contribution is 2.33. The van der Waals surface area contributed by atoms with E-state index in [4.69, 9.17) is 11.6 Å². The molecular formula is C19H19ClN4O3S2.